The summed E-state index contributed by atoms with van der Waals surface area (Å²) < 4.78 is 0. The van der Waals surface area contributed by atoms with Crippen LogP contribution in [0.4, 0.5) is 0 Å². The van der Waals surface area contributed by atoms with Crippen molar-refractivity contribution in [2.45, 2.75) is 0 Å². The number of nitrogens with zero attached hydrogens (tertiary/aromatic N) is 3. The van der Waals surface area contributed by atoms with Crippen LogP contribution in [0.15, 0.2) is 0 Å². The molecular weight excluding hydrogens is 118 g/mol. The molecule has 0 spiro atoms. The average molecular weight is 129 g/mol. The van der Waals surface area contributed by atoms with E-state index in [4.69, 9.17) is 0 Å². The Morgan fingerprint density at radius 1 is 1.33 bits per heavy atom. The van der Waals surface area contributed by atoms with Crippen molar-refractivity contribution in [2.24, 2.45) is 0 Å². The Labute approximate surface area is 54.1 Å². The molecule has 0 bridgehead atoms. The molecule has 1 aromatic heterocycles. The van der Waals surface area contributed by atoms with Crippen molar-refractivity contribution in [3.8, 4) is 0 Å². The second kappa shape index (κ2) is 5.17. The lowest BCUT2D eigenvalue weighted by molar-refractivity contribution is -0.836. The summed E-state index contributed by atoms with van der Waals surface area (Å²) in [5, 5.41) is 11.8. The first-order valence-corrected chi connectivity index (χ1v) is 2.59. The number of H-pyrrole nitrogens is 1. The van der Waals surface area contributed by atoms with E-state index in [1.165, 1.54) is 4.90 Å². The van der Waals surface area contributed by atoms with Gasteiger partial charge in [0.15, 0.2) is 0 Å². The Balaban J connectivity index is 0.000000148. The van der Waals surface area contributed by atoms with Crippen LogP contribution in [0.3, 0.4) is 0 Å². The summed E-state index contributed by atoms with van der Waals surface area (Å²) in [6.07, 6.45) is 2.19. The highest BCUT2D eigenvalue weighted by molar-refractivity contribution is 4.19. The topological polar surface area (TPSA) is 58.9 Å². The quantitative estimate of drug-likeness (QED) is 0.389. The molecule has 9 heavy (non-hydrogen) atoms. The number of hydrogen-bond acceptors (Lipinski definition) is 3. The zero-order valence-electron chi connectivity index (χ0n) is 5.84. The summed E-state index contributed by atoms with van der Waals surface area (Å²) in [7, 11) is 6.25. The van der Waals surface area contributed by atoms with Gasteiger partial charge in [0, 0.05) is 0 Å². The summed E-state index contributed by atoms with van der Waals surface area (Å²) in [6, 6.07) is 0. The molecule has 2 N–H and O–H groups in total. The molecule has 0 fully saturated rings. The fourth-order valence-corrected chi connectivity index (χ4v) is 0.112. The van der Waals surface area contributed by atoms with E-state index in [-0.39, 0.29) is 0 Å². The molecule has 0 atom stereocenters. The minimum Gasteiger partial charge on any atom is -0.357 e. The van der Waals surface area contributed by atoms with Crippen LogP contribution in [0.5, 0.6) is 0 Å². The number of aromatic nitrogens is 4. The highest BCUT2D eigenvalue weighted by atomic mass is 15.5. The van der Waals surface area contributed by atoms with E-state index >= 15 is 0 Å². The molecule has 52 valence electrons. The molecule has 0 aliphatic heterocycles. The van der Waals surface area contributed by atoms with E-state index in [9.17, 15) is 0 Å². The largest absolute Gasteiger partial charge is 0.357 e. The average Bonchev–Trinajstić information content (AvgIpc) is 2.11. The first kappa shape index (κ1) is 8.03. The maximum Gasteiger partial charge on any atom is 0.0661 e. The Morgan fingerprint density at radius 3 is 2.00 bits per heavy atom. The van der Waals surface area contributed by atoms with Crippen molar-refractivity contribution in [1.82, 2.24) is 20.6 Å². The second-order valence-electron chi connectivity index (χ2n) is 2.01. The highest BCUT2D eigenvalue weighted by Gasteiger charge is 1.61. The van der Waals surface area contributed by atoms with Crippen LogP contribution >= 0.6 is 0 Å². The maximum absolute atomic E-state index is 3.25. The summed E-state index contributed by atoms with van der Waals surface area (Å²) in [5.74, 6) is 0. The normalized spacial score (nSPS) is 8.44. The zero-order valence-corrected chi connectivity index (χ0v) is 5.84. The fourth-order valence-electron chi connectivity index (χ4n) is 0.112. The van der Waals surface area contributed by atoms with Gasteiger partial charge < -0.3 is 15.1 Å². The second-order valence-corrected chi connectivity index (χ2v) is 2.01. The standard InChI is InChI=1S/C3H9N.CHN4/c1-4(2)3;1-2-4-5-3-1/h1-3H3;(H,2,3,4,5)/q;-1/p+1. The van der Waals surface area contributed by atoms with Gasteiger partial charge in [-0.25, -0.2) is 11.5 Å². The number of hydrogen-bond donors (Lipinski definition) is 2. The first-order valence-electron chi connectivity index (χ1n) is 2.59. The molecule has 0 saturated heterocycles. The van der Waals surface area contributed by atoms with Crippen molar-refractivity contribution >= 4 is 0 Å². The van der Waals surface area contributed by atoms with Crippen LogP contribution in [-0.2, 0) is 0 Å². The van der Waals surface area contributed by atoms with Crippen LogP contribution in [-0.4, -0.2) is 41.8 Å². The van der Waals surface area contributed by atoms with Gasteiger partial charge in [0.05, 0.1) is 21.1 Å². The number of quaternary nitrogens is 1. The van der Waals surface area contributed by atoms with Crippen molar-refractivity contribution < 1.29 is 4.90 Å². The Morgan fingerprint density at radius 2 is 1.89 bits per heavy atom. The van der Waals surface area contributed by atoms with Crippen molar-refractivity contribution in [3.05, 3.63) is 6.33 Å². The smallest absolute Gasteiger partial charge is 0.0661 e. The van der Waals surface area contributed by atoms with E-state index in [1.54, 1.807) is 0 Å². The van der Waals surface area contributed by atoms with Gasteiger partial charge >= 0.3 is 0 Å². The predicted molar refractivity (Wildman–Crippen MR) is 31.7 cm³/mol. The molecule has 0 amide bonds. The third-order valence-corrected chi connectivity index (χ3v) is 0.239. The van der Waals surface area contributed by atoms with E-state index in [0.29, 0.717) is 0 Å². The van der Waals surface area contributed by atoms with Crippen LogP contribution in [0, 0.1) is 6.33 Å². The Hall–Kier alpha value is -0.970. The van der Waals surface area contributed by atoms with Crippen LogP contribution in [0.25, 0.3) is 0 Å². The summed E-state index contributed by atoms with van der Waals surface area (Å²) >= 11 is 0. The lowest BCUT2D eigenvalue weighted by Crippen LogP contribution is -3.02. The van der Waals surface area contributed by atoms with Gasteiger partial charge in [-0.1, -0.05) is 5.21 Å². The first-order chi connectivity index (χ1) is 4.23. The molecule has 1 rings (SSSR count). The zero-order chi connectivity index (χ0) is 7.11. The molecule has 1 heterocycles. The SMILES string of the molecule is C[NH+](C)C.[c-]1nn[nH]n1. The van der Waals surface area contributed by atoms with Gasteiger partial charge in [-0.15, -0.1) is 0 Å². The molecule has 0 aliphatic carbocycles. The molecule has 5 heteroatoms. The van der Waals surface area contributed by atoms with E-state index < -0.39 is 0 Å². The van der Waals surface area contributed by atoms with E-state index in [0.717, 1.165) is 0 Å². The van der Waals surface area contributed by atoms with Crippen molar-refractivity contribution in [1.29, 1.82) is 0 Å². The van der Waals surface area contributed by atoms with Gasteiger partial charge in [-0.2, -0.15) is 0 Å². The van der Waals surface area contributed by atoms with Gasteiger partial charge in [-0.05, 0) is 0 Å². The third-order valence-electron chi connectivity index (χ3n) is 0.239. The minimum absolute atomic E-state index is 1.42. The number of aromatic amines is 1. The molecule has 5 nitrogen and oxygen atoms in total. The van der Waals surface area contributed by atoms with Crippen LogP contribution < -0.4 is 4.90 Å². The lowest BCUT2D eigenvalue weighted by Gasteiger charge is -1.88. The molecule has 0 unspecified atom stereocenters. The molecule has 0 aromatic carbocycles. The molecule has 0 saturated carbocycles. The Kier molecular flexibility index (Phi) is 4.61. The van der Waals surface area contributed by atoms with Crippen LogP contribution in [0.1, 0.15) is 0 Å². The highest BCUT2D eigenvalue weighted by Crippen LogP contribution is 1.41. The summed E-state index contributed by atoms with van der Waals surface area (Å²) in [6.45, 7) is 0. The fraction of sp³-hybridized carbons (Fsp3) is 0.750. The number of tetrazole rings is 1. The molecule has 0 aliphatic rings. The van der Waals surface area contributed by atoms with E-state index in [2.05, 4.69) is 48.1 Å². The van der Waals surface area contributed by atoms with E-state index in [1.807, 2.05) is 0 Å². The van der Waals surface area contributed by atoms with Gasteiger partial charge in [0.1, 0.15) is 0 Å². The molecular formula is C4H11N5. The monoisotopic (exact) mass is 129 g/mol. The molecule has 1 aromatic rings. The lowest BCUT2D eigenvalue weighted by atomic mass is 11.0. The number of nitrogens with one attached hydrogen (secondary N) is 2. The Bertz CT molecular complexity index is 92.5. The third kappa shape index (κ3) is 11.0. The van der Waals surface area contributed by atoms with Crippen LogP contribution in [0.2, 0.25) is 0 Å². The molecule has 0 radical (unpaired) electrons. The predicted octanol–water partition coefficient (Wildman–Crippen LogP) is -2.24. The van der Waals surface area contributed by atoms with Crippen molar-refractivity contribution in [3.63, 3.8) is 0 Å². The van der Waals surface area contributed by atoms with Crippen molar-refractivity contribution in [2.75, 3.05) is 21.1 Å². The maximum atomic E-state index is 3.25. The van der Waals surface area contributed by atoms with Gasteiger partial charge in [0.25, 0.3) is 0 Å². The summed E-state index contributed by atoms with van der Waals surface area (Å²) in [4.78, 5) is 1.42. The van der Waals surface area contributed by atoms with Gasteiger partial charge in [-0.3, -0.25) is 0 Å². The van der Waals surface area contributed by atoms with Gasteiger partial charge in [0.2, 0.25) is 0 Å². The minimum atomic E-state index is 1.42. The summed E-state index contributed by atoms with van der Waals surface area (Å²) in [5.41, 5.74) is 0. The number of rotatable bonds is 0.